The summed E-state index contributed by atoms with van der Waals surface area (Å²) in [5.74, 6) is 1.11. The van der Waals surface area contributed by atoms with Gasteiger partial charge in [0.05, 0.1) is 6.61 Å². The summed E-state index contributed by atoms with van der Waals surface area (Å²) in [6.07, 6.45) is 3.48. The average molecular weight is 162 g/mol. The zero-order valence-electron chi connectivity index (χ0n) is 7.47. The van der Waals surface area contributed by atoms with Crippen molar-refractivity contribution >= 4 is 0 Å². The number of hydrogen-bond donors (Lipinski definition) is 0. The van der Waals surface area contributed by atoms with Crippen LogP contribution in [-0.2, 0) is 12.8 Å². The molecule has 0 spiro atoms. The third kappa shape index (κ3) is 1.20. The summed E-state index contributed by atoms with van der Waals surface area (Å²) < 4.78 is 5.57. The molecule has 0 aromatic heterocycles. The molecule has 0 bridgehead atoms. The van der Waals surface area contributed by atoms with E-state index in [2.05, 4.69) is 25.1 Å². The molecule has 0 aliphatic carbocycles. The van der Waals surface area contributed by atoms with Crippen LogP contribution in [0.1, 0.15) is 24.5 Å². The highest BCUT2D eigenvalue weighted by Crippen LogP contribution is 2.27. The monoisotopic (exact) mass is 162 g/mol. The van der Waals surface area contributed by atoms with Crippen molar-refractivity contribution in [1.82, 2.24) is 0 Å². The summed E-state index contributed by atoms with van der Waals surface area (Å²) in [5.41, 5.74) is 2.89. The van der Waals surface area contributed by atoms with Gasteiger partial charge >= 0.3 is 0 Å². The van der Waals surface area contributed by atoms with Crippen LogP contribution in [0.15, 0.2) is 18.2 Å². The lowest BCUT2D eigenvalue weighted by molar-refractivity contribution is 0.287. The minimum Gasteiger partial charge on any atom is -0.493 e. The molecular formula is C11H14O. The molecular weight excluding hydrogens is 148 g/mol. The third-order valence-corrected chi connectivity index (χ3v) is 2.44. The summed E-state index contributed by atoms with van der Waals surface area (Å²) in [7, 11) is 0. The van der Waals surface area contributed by atoms with E-state index in [0.29, 0.717) is 0 Å². The molecule has 0 radical (unpaired) electrons. The van der Waals surface area contributed by atoms with Gasteiger partial charge in [-0.1, -0.05) is 19.1 Å². The quantitative estimate of drug-likeness (QED) is 0.616. The van der Waals surface area contributed by atoms with Gasteiger partial charge in [0, 0.05) is 0 Å². The van der Waals surface area contributed by atoms with E-state index in [9.17, 15) is 0 Å². The van der Waals surface area contributed by atoms with Crippen molar-refractivity contribution in [3.05, 3.63) is 29.3 Å². The van der Waals surface area contributed by atoms with E-state index >= 15 is 0 Å². The summed E-state index contributed by atoms with van der Waals surface area (Å²) in [5, 5.41) is 0. The van der Waals surface area contributed by atoms with Crippen LogP contribution in [0, 0.1) is 0 Å². The van der Waals surface area contributed by atoms with Gasteiger partial charge < -0.3 is 4.74 Å². The topological polar surface area (TPSA) is 9.23 Å². The molecule has 0 fully saturated rings. The third-order valence-electron chi connectivity index (χ3n) is 2.44. The Morgan fingerprint density at radius 1 is 1.42 bits per heavy atom. The standard InChI is InChI=1S/C11H14O/c1-2-9-5-3-7-11-10(9)6-4-8-12-11/h3,5,7H,2,4,6,8H2,1H3. The maximum atomic E-state index is 5.57. The van der Waals surface area contributed by atoms with Crippen LogP contribution in [0.4, 0.5) is 0 Å². The van der Waals surface area contributed by atoms with Crippen LogP contribution in [-0.4, -0.2) is 6.61 Å². The second-order valence-corrected chi connectivity index (χ2v) is 3.20. The Labute approximate surface area is 73.4 Å². The number of aryl methyl sites for hydroxylation is 1. The van der Waals surface area contributed by atoms with E-state index < -0.39 is 0 Å². The van der Waals surface area contributed by atoms with Gasteiger partial charge in [-0.05, 0) is 36.5 Å². The zero-order valence-corrected chi connectivity index (χ0v) is 7.47. The molecule has 1 heteroatoms. The van der Waals surface area contributed by atoms with Crippen molar-refractivity contribution in [3.8, 4) is 5.75 Å². The molecule has 0 amide bonds. The Balaban J connectivity index is 2.44. The predicted octanol–water partition coefficient (Wildman–Crippen LogP) is 2.57. The molecule has 1 aliphatic rings. The van der Waals surface area contributed by atoms with E-state index in [-0.39, 0.29) is 0 Å². The molecule has 0 unspecified atom stereocenters. The first-order valence-electron chi connectivity index (χ1n) is 4.65. The van der Waals surface area contributed by atoms with Crippen LogP contribution in [0.3, 0.4) is 0 Å². The summed E-state index contributed by atoms with van der Waals surface area (Å²) >= 11 is 0. The van der Waals surface area contributed by atoms with Crippen molar-refractivity contribution in [1.29, 1.82) is 0 Å². The molecule has 0 atom stereocenters. The van der Waals surface area contributed by atoms with Crippen LogP contribution in [0.5, 0.6) is 5.75 Å². The molecule has 1 aromatic rings. The number of rotatable bonds is 1. The first-order valence-corrected chi connectivity index (χ1v) is 4.65. The summed E-state index contributed by atoms with van der Waals surface area (Å²) in [6.45, 7) is 3.09. The lowest BCUT2D eigenvalue weighted by Crippen LogP contribution is -2.10. The lowest BCUT2D eigenvalue weighted by atomic mass is 9.98. The Hall–Kier alpha value is -0.980. The normalized spacial score (nSPS) is 15.1. The molecule has 1 heterocycles. The first-order chi connectivity index (χ1) is 5.92. The van der Waals surface area contributed by atoms with Gasteiger partial charge in [0.2, 0.25) is 0 Å². The van der Waals surface area contributed by atoms with Gasteiger partial charge in [-0.25, -0.2) is 0 Å². The maximum Gasteiger partial charge on any atom is 0.122 e. The zero-order chi connectivity index (χ0) is 8.39. The van der Waals surface area contributed by atoms with Crippen molar-refractivity contribution in [3.63, 3.8) is 0 Å². The molecule has 1 nitrogen and oxygen atoms in total. The Bertz CT molecular complexity index is 264. The fourth-order valence-corrected chi connectivity index (χ4v) is 1.79. The fourth-order valence-electron chi connectivity index (χ4n) is 1.79. The molecule has 0 saturated carbocycles. The molecule has 1 aromatic carbocycles. The van der Waals surface area contributed by atoms with E-state index in [1.165, 1.54) is 24.0 Å². The summed E-state index contributed by atoms with van der Waals surface area (Å²) in [4.78, 5) is 0. The predicted molar refractivity (Wildman–Crippen MR) is 49.6 cm³/mol. The second kappa shape index (κ2) is 3.18. The minimum absolute atomic E-state index is 0.889. The van der Waals surface area contributed by atoms with E-state index in [1.807, 2.05) is 0 Å². The van der Waals surface area contributed by atoms with Gasteiger partial charge in [0.25, 0.3) is 0 Å². The van der Waals surface area contributed by atoms with Crippen LogP contribution in [0.2, 0.25) is 0 Å². The Morgan fingerprint density at radius 3 is 3.17 bits per heavy atom. The highest BCUT2D eigenvalue weighted by atomic mass is 16.5. The lowest BCUT2D eigenvalue weighted by Gasteiger charge is -2.19. The van der Waals surface area contributed by atoms with Crippen LogP contribution >= 0.6 is 0 Å². The highest BCUT2D eigenvalue weighted by molar-refractivity contribution is 5.41. The van der Waals surface area contributed by atoms with Gasteiger partial charge in [0.1, 0.15) is 5.75 Å². The SMILES string of the molecule is CCc1cccc2c1CCCO2. The highest BCUT2D eigenvalue weighted by Gasteiger charge is 2.12. The largest absolute Gasteiger partial charge is 0.493 e. The van der Waals surface area contributed by atoms with Gasteiger partial charge in [0.15, 0.2) is 0 Å². The number of benzene rings is 1. The average Bonchev–Trinajstić information content (AvgIpc) is 2.17. The van der Waals surface area contributed by atoms with E-state index in [1.54, 1.807) is 0 Å². The molecule has 0 N–H and O–H groups in total. The second-order valence-electron chi connectivity index (χ2n) is 3.20. The summed E-state index contributed by atoms with van der Waals surface area (Å²) in [6, 6.07) is 6.37. The fraction of sp³-hybridized carbons (Fsp3) is 0.455. The van der Waals surface area contributed by atoms with E-state index in [0.717, 1.165) is 18.8 Å². The van der Waals surface area contributed by atoms with Crippen LogP contribution < -0.4 is 4.74 Å². The van der Waals surface area contributed by atoms with Crippen molar-refractivity contribution < 1.29 is 4.74 Å². The number of hydrogen-bond acceptors (Lipinski definition) is 1. The van der Waals surface area contributed by atoms with Crippen LogP contribution in [0.25, 0.3) is 0 Å². The van der Waals surface area contributed by atoms with Gasteiger partial charge in [-0.2, -0.15) is 0 Å². The minimum atomic E-state index is 0.889. The van der Waals surface area contributed by atoms with Crippen molar-refractivity contribution in [2.24, 2.45) is 0 Å². The Kier molecular flexibility index (Phi) is 2.03. The number of ether oxygens (including phenoxy) is 1. The molecule has 0 saturated heterocycles. The smallest absolute Gasteiger partial charge is 0.122 e. The Morgan fingerprint density at radius 2 is 2.33 bits per heavy atom. The first kappa shape index (κ1) is 7.66. The van der Waals surface area contributed by atoms with Crippen molar-refractivity contribution in [2.75, 3.05) is 6.61 Å². The van der Waals surface area contributed by atoms with E-state index in [4.69, 9.17) is 4.74 Å². The van der Waals surface area contributed by atoms with Crippen molar-refractivity contribution in [2.45, 2.75) is 26.2 Å². The molecule has 12 heavy (non-hydrogen) atoms. The molecule has 64 valence electrons. The maximum absolute atomic E-state index is 5.57. The van der Waals surface area contributed by atoms with Gasteiger partial charge in [-0.3, -0.25) is 0 Å². The number of fused-ring (bicyclic) bond motifs is 1. The van der Waals surface area contributed by atoms with Gasteiger partial charge in [-0.15, -0.1) is 0 Å². The molecule has 2 rings (SSSR count). The molecule has 1 aliphatic heterocycles.